The summed E-state index contributed by atoms with van der Waals surface area (Å²) in [7, 11) is 0. The highest BCUT2D eigenvalue weighted by molar-refractivity contribution is 4.97. The summed E-state index contributed by atoms with van der Waals surface area (Å²) in [6.07, 6.45) is -16.4. The Kier molecular flexibility index (Phi) is 4.15. The summed E-state index contributed by atoms with van der Waals surface area (Å²) in [6.45, 7) is 2.53. The molecule has 0 aromatic rings. The standard InChI is InChI=1S/C7H6F9/c1-2-3(8)5(10,11)4(9)6(12,13)7(14,15)16/h3-4H,1-2H2/t3?,4-/m0/s1. The van der Waals surface area contributed by atoms with Crippen LogP contribution in [0, 0.1) is 6.92 Å². The number of alkyl halides is 9. The van der Waals surface area contributed by atoms with Crippen LogP contribution >= 0.6 is 0 Å². The van der Waals surface area contributed by atoms with Crippen LogP contribution in [-0.2, 0) is 0 Å². The maximum atomic E-state index is 12.5. The van der Waals surface area contributed by atoms with E-state index < -0.39 is 36.8 Å². The summed E-state index contributed by atoms with van der Waals surface area (Å²) in [5.74, 6) is -11.8. The van der Waals surface area contributed by atoms with E-state index in [1.165, 1.54) is 0 Å². The van der Waals surface area contributed by atoms with Gasteiger partial charge in [-0.15, -0.1) is 0 Å². The van der Waals surface area contributed by atoms with Crippen molar-refractivity contribution in [3.8, 4) is 0 Å². The maximum absolute atomic E-state index is 12.5. The number of halogens is 9. The van der Waals surface area contributed by atoms with Crippen molar-refractivity contribution in [3.05, 3.63) is 6.92 Å². The minimum absolute atomic E-state index is 1.33. The minimum atomic E-state index is -6.52. The average molecular weight is 261 g/mol. The van der Waals surface area contributed by atoms with Crippen molar-refractivity contribution in [2.75, 3.05) is 0 Å². The van der Waals surface area contributed by atoms with Crippen molar-refractivity contribution in [1.82, 2.24) is 0 Å². The molecule has 0 spiro atoms. The van der Waals surface area contributed by atoms with Gasteiger partial charge in [-0.2, -0.15) is 30.7 Å². The van der Waals surface area contributed by atoms with Crippen LogP contribution in [-0.4, -0.2) is 30.4 Å². The third kappa shape index (κ3) is 2.54. The summed E-state index contributed by atoms with van der Waals surface area (Å²) >= 11 is 0. The molecule has 2 atom stereocenters. The van der Waals surface area contributed by atoms with Gasteiger partial charge < -0.3 is 0 Å². The van der Waals surface area contributed by atoms with Crippen molar-refractivity contribution < 1.29 is 39.5 Å². The Morgan fingerprint density at radius 3 is 1.50 bits per heavy atom. The minimum Gasteiger partial charge on any atom is -0.241 e. The molecule has 0 heterocycles. The molecule has 0 aliphatic heterocycles. The van der Waals surface area contributed by atoms with Gasteiger partial charge in [0.25, 0.3) is 0 Å². The molecule has 0 aromatic heterocycles. The molecule has 1 radical (unpaired) electrons. The van der Waals surface area contributed by atoms with Crippen molar-refractivity contribution in [2.45, 2.75) is 36.8 Å². The molecular formula is C7H6F9. The second-order valence-corrected chi connectivity index (χ2v) is 2.91. The first kappa shape index (κ1) is 15.4. The van der Waals surface area contributed by atoms with E-state index in [4.69, 9.17) is 0 Å². The Labute approximate surface area is 84.4 Å². The van der Waals surface area contributed by atoms with Crippen LogP contribution in [0.3, 0.4) is 0 Å². The maximum Gasteiger partial charge on any atom is 0.456 e. The fourth-order valence-corrected chi connectivity index (χ4v) is 0.737. The first-order chi connectivity index (χ1) is 6.89. The lowest BCUT2D eigenvalue weighted by atomic mass is 10.0. The molecule has 0 saturated carbocycles. The first-order valence-corrected chi connectivity index (χ1v) is 3.78. The van der Waals surface area contributed by atoms with Crippen molar-refractivity contribution in [3.63, 3.8) is 0 Å². The smallest absolute Gasteiger partial charge is 0.241 e. The molecule has 0 bridgehead atoms. The Bertz CT molecular complexity index is 231. The van der Waals surface area contributed by atoms with Crippen molar-refractivity contribution in [1.29, 1.82) is 0 Å². The van der Waals surface area contributed by atoms with Crippen molar-refractivity contribution in [2.24, 2.45) is 0 Å². The molecule has 0 fully saturated rings. The van der Waals surface area contributed by atoms with E-state index in [0.717, 1.165) is 0 Å². The Balaban J connectivity index is 5.13. The van der Waals surface area contributed by atoms with Gasteiger partial charge in [0, 0.05) is 0 Å². The average Bonchev–Trinajstić information content (AvgIpc) is 2.13. The molecule has 0 aromatic carbocycles. The van der Waals surface area contributed by atoms with E-state index >= 15 is 0 Å². The Morgan fingerprint density at radius 1 is 0.875 bits per heavy atom. The summed E-state index contributed by atoms with van der Waals surface area (Å²) in [4.78, 5) is 0. The molecule has 0 rings (SSSR count). The monoisotopic (exact) mass is 261 g/mol. The predicted octanol–water partition coefficient (Wildman–Crippen LogP) is 3.72. The van der Waals surface area contributed by atoms with Crippen LogP contribution in [0.25, 0.3) is 0 Å². The molecule has 97 valence electrons. The van der Waals surface area contributed by atoms with Gasteiger partial charge in [0.15, 0.2) is 6.17 Å². The molecule has 1 unspecified atom stereocenters. The van der Waals surface area contributed by atoms with Crippen LogP contribution in [0.15, 0.2) is 0 Å². The molecule has 0 nitrogen and oxygen atoms in total. The summed E-state index contributed by atoms with van der Waals surface area (Å²) in [5, 5.41) is 0. The van der Waals surface area contributed by atoms with E-state index in [-0.39, 0.29) is 0 Å². The first-order valence-electron chi connectivity index (χ1n) is 3.78. The quantitative estimate of drug-likeness (QED) is 0.676. The third-order valence-corrected chi connectivity index (χ3v) is 1.71. The zero-order chi connectivity index (χ0) is 13.4. The van der Waals surface area contributed by atoms with E-state index in [9.17, 15) is 39.5 Å². The van der Waals surface area contributed by atoms with Crippen molar-refractivity contribution >= 4 is 0 Å². The van der Waals surface area contributed by atoms with E-state index in [1.54, 1.807) is 0 Å². The zero-order valence-corrected chi connectivity index (χ0v) is 7.47. The predicted molar refractivity (Wildman–Crippen MR) is 35.7 cm³/mol. The van der Waals surface area contributed by atoms with Gasteiger partial charge in [0.2, 0.25) is 6.17 Å². The lowest BCUT2D eigenvalue weighted by Gasteiger charge is -2.30. The molecule has 16 heavy (non-hydrogen) atoms. The normalized spacial score (nSPS) is 18.4. The van der Waals surface area contributed by atoms with Gasteiger partial charge in [-0.05, 0) is 6.42 Å². The topological polar surface area (TPSA) is 0 Å². The molecule has 0 aliphatic carbocycles. The second-order valence-electron chi connectivity index (χ2n) is 2.91. The SMILES string of the molecule is [CH2]CC(F)C(F)(F)[C@H](F)C(F)(F)C(F)(F)F. The Morgan fingerprint density at radius 2 is 1.25 bits per heavy atom. The van der Waals surface area contributed by atoms with Gasteiger partial charge >= 0.3 is 18.0 Å². The third-order valence-electron chi connectivity index (χ3n) is 1.71. The lowest BCUT2D eigenvalue weighted by Crippen LogP contribution is -2.56. The summed E-state index contributed by atoms with van der Waals surface area (Å²) in [5.41, 5.74) is 0. The number of rotatable bonds is 4. The van der Waals surface area contributed by atoms with Crippen LogP contribution in [0.2, 0.25) is 0 Å². The molecule has 9 heteroatoms. The molecular weight excluding hydrogens is 255 g/mol. The van der Waals surface area contributed by atoms with Crippen LogP contribution in [0.1, 0.15) is 6.42 Å². The molecule has 0 aliphatic rings. The fourth-order valence-electron chi connectivity index (χ4n) is 0.737. The summed E-state index contributed by atoms with van der Waals surface area (Å²) in [6, 6.07) is 0. The van der Waals surface area contributed by atoms with E-state index in [1.807, 2.05) is 0 Å². The lowest BCUT2D eigenvalue weighted by molar-refractivity contribution is -0.332. The van der Waals surface area contributed by atoms with Gasteiger partial charge in [-0.3, -0.25) is 0 Å². The second kappa shape index (κ2) is 4.33. The van der Waals surface area contributed by atoms with Gasteiger partial charge in [-0.1, -0.05) is 6.92 Å². The van der Waals surface area contributed by atoms with Gasteiger partial charge in [0.05, 0.1) is 0 Å². The highest BCUT2D eigenvalue weighted by Crippen LogP contribution is 2.46. The van der Waals surface area contributed by atoms with Gasteiger partial charge in [-0.25, -0.2) is 8.78 Å². The summed E-state index contributed by atoms with van der Waals surface area (Å²) < 4.78 is 109. The highest BCUT2D eigenvalue weighted by atomic mass is 19.4. The molecule has 0 amide bonds. The zero-order valence-electron chi connectivity index (χ0n) is 7.47. The van der Waals surface area contributed by atoms with Crippen LogP contribution in [0.5, 0.6) is 0 Å². The van der Waals surface area contributed by atoms with E-state index in [2.05, 4.69) is 6.92 Å². The fraction of sp³-hybridized carbons (Fsp3) is 0.857. The van der Waals surface area contributed by atoms with Crippen LogP contribution < -0.4 is 0 Å². The van der Waals surface area contributed by atoms with Crippen LogP contribution in [0.4, 0.5) is 39.5 Å². The Hall–Kier alpha value is -0.630. The van der Waals surface area contributed by atoms with Gasteiger partial charge in [0.1, 0.15) is 0 Å². The highest BCUT2D eigenvalue weighted by Gasteiger charge is 2.71. The number of hydrogen-bond donors (Lipinski definition) is 0. The molecule has 0 saturated heterocycles. The number of hydrogen-bond acceptors (Lipinski definition) is 0. The van der Waals surface area contributed by atoms with E-state index in [0.29, 0.717) is 0 Å². The largest absolute Gasteiger partial charge is 0.456 e. The molecule has 0 N–H and O–H groups in total.